The van der Waals surface area contributed by atoms with Crippen molar-refractivity contribution in [2.24, 2.45) is 5.11 Å². The van der Waals surface area contributed by atoms with E-state index >= 15 is 0 Å². The van der Waals surface area contributed by atoms with Crippen LogP contribution in [0, 0.1) is 0 Å². The van der Waals surface area contributed by atoms with E-state index in [4.69, 9.17) is 15.4 Å². The summed E-state index contributed by atoms with van der Waals surface area (Å²) in [5.74, 6) is -1.91. The zero-order valence-corrected chi connectivity index (χ0v) is 10.2. The third kappa shape index (κ3) is 3.80. The molecular weight excluding hydrogens is 238 g/mol. The number of hydrogen-bond acceptors (Lipinski definition) is 3. The van der Waals surface area contributed by atoms with Crippen LogP contribution in [0.15, 0.2) is 23.3 Å². The van der Waals surface area contributed by atoms with E-state index in [1.165, 1.54) is 19.2 Å². The molecule has 1 N–H and O–H groups in total. The van der Waals surface area contributed by atoms with Gasteiger partial charge in [-0.2, -0.15) is 0 Å². The Kier molecular flexibility index (Phi) is 6.61. The molecule has 0 bridgehead atoms. The molecule has 0 aliphatic heterocycles. The molecule has 0 aliphatic carbocycles. The SMILES string of the molecule is CC.COc1ccc(C(=O)O)cc1C(=O)N=[N+]=[N-]. The fourth-order valence-corrected chi connectivity index (χ4v) is 1.10. The molecule has 7 heteroatoms. The summed E-state index contributed by atoms with van der Waals surface area (Å²) in [5, 5.41) is 11.6. The first kappa shape index (κ1) is 15.5. The zero-order chi connectivity index (χ0) is 14.1. The van der Waals surface area contributed by atoms with Crippen molar-refractivity contribution >= 4 is 11.9 Å². The summed E-state index contributed by atoms with van der Waals surface area (Å²) >= 11 is 0. The highest BCUT2D eigenvalue weighted by Crippen LogP contribution is 2.20. The van der Waals surface area contributed by atoms with Crippen LogP contribution in [0.1, 0.15) is 34.6 Å². The van der Waals surface area contributed by atoms with Gasteiger partial charge in [-0.15, -0.1) is 0 Å². The lowest BCUT2D eigenvalue weighted by Crippen LogP contribution is -2.03. The number of azide groups is 1. The molecule has 18 heavy (non-hydrogen) atoms. The Bertz CT molecular complexity index is 493. The second kappa shape index (κ2) is 7.70. The average molecular weight is 251 g/mol. The Morgan fingerprint density at radius 3 is 2.44 bits per heavy atom. The Morgan fingerprint density at radius 1 is 1.39 bits per heavy atom. The van der Waals surface area contributed by atoms with E-state index in [9.17, 15) is 9.59 Å². The quantitative estimate of drug-likeness (QED) is 0.505. The van der Waals surface area contributed by atoms with Crippen LogP contribution >= 0.6 is 0 Å². The molecule has 1 rings (SSSR count). The van der Waals surface area contributed by atoms with Crippen LogP contribution in [0.25, 0.3) is 10.4 Å². The van der Waals surface area contributed by atoms with Gasteiger partial charge in [0.05, 0.1) is 18.2 Å². The van der Waals surface area contributed by atoms with Crippen LogP contribution in [0.2, 0.25) is 0 Å². The summed E-state index contributed by atoms with van der Waals surface area (Å²) in [7, 11) is 1.32. The van der Waals surface area contributed by atoms with Gasteiger partial charge in [-0.05, 0) is 28.8 Å². The number of carbonyl (C=O) groups is 2. The highest BCUT2D eigenvalue weighted by atomic mass is 16.5. The summed E-state index contributed by atoms with van der Waals surface area (Å²) in [6, 6.07) is 3.70. The summed E-state index contributed by atoms with van der Waals surface area (Å²) in [6.07, 6.45) is 0. The van der Waals surface area contributed by atoms with E-state index in [0.717, 1.165) is 6.07 Å². The summed E-state index contributed by atoms with van der Waals surface area (Å²) in [5.41, 5.74) is 7.95. The number of carboxylic acids is 1. The third-order valence-corrected chi connectivity index (χ3v) is 1.81. The minimum Gasteiger partial charge on any atom is -0.496 e. The van der Waals surface area contributed by atoms with Gasteiger partial charge in [-0.25, -0.2) is 4.79 Å². The normalized spacial score (nSPS) is 8.39. The van der Waals surface area contributed by atoms with Gasteiger partial charge in [0.1, 0.15) is 5.75 Å². The Morgan fingerprint density at radius 2 is 2.00 bits per heavy atom. The maximum Gasteiger partial charge on any atom is 0.335 e. The van der Waals surface area contributed by atoms with Gasteiger partial charge in [0.15, 0.2) is 0 Å². The smallest absolute Gasteiger partial charge is 0.335 e. The fourth-order valence-electron chi connectivity index (χ4n) is 1.10. The molecule has 0 heterocycles. The molecule has 0 fully saturated rings. The van der Waals surface area contributed by atoms with Gasteiger partial charge >= 0.3 is 5.97 Å². The van der Waals surface area contributed by atoms with Crippen molar-refractivity contribution in [2.75, 3.05) is 7.11 Å². The van der Waals surface area contributed by atoms with Crippen LogP contribution in [0.5, 0.6) is 5.75 Å². The molecule has 0 saturated heterocycles. The van der Waals surface area contributed by atoms with Crippen molar-refractivity contribution in [1.29, 1.82) is 0 Å². The molecule has 1 amide bonds. The number of ether oxygens (including phenoxy) is 1. The number of aromatic carboxylic acids is 1. The lowest BCUT2D eigenvalue weighted by molar-refractivity contribution is 0.0697. The number of nitrogens with zero attached hydrogens (tertiary/aromatic N) is 3. The molecule has 0 atom stereocenters. The van der Waals surface area contributed by atoms with E-state index in [0.29, 0.717) is 0 Å². The van der Waals surface area contributed by atoms with Crippen LogP contribution in [-0.2, 0) is 0 Å². The minimum absolute atomic E-state index is 0.0831. The van der Waals surface area contributed by atoms with Gasteiger partial charge in [0.25, 0.3) is 5.91 Å². The average Bonchev–Trinajstić information content (AvgIpc) is 2.40. The Balaban J connectivity index is 0.00000137. The van der Waals surface area contributed by atoms with Crippen molar-refractivity contribution in [3.63, 3.8) is 0 Å². The molecule has 0 unspecified atom stereocenters. The molecule has 7 nitrogen and oxygen atoms in total. The molecule has 0 aromatic heterocycles. The van der Waals surface area contributed by atoms with Crippen LogP contribution in [0.4, 0.5) is 0 Å². The second-order valence-electron chi connectivity index (χ2n) is 2.71. The van der Waals surface area contributed by atoms with E-state index in [1.54, 1.807) is 0 Å². The molecule has 0 radical (unpaired) electrons. The molecular formula is C11H13N3O4. The molecule has 0 aliphatic rings. The number of benzene rings is 1. The van der Waals surface area contributed by atoms with Gasteiger partial charge in [0, 0.05) is 4.91 Å². The molecule has 96 valence electrons. The first-order chi connectivity index (χ1) is 8.60. The van der Waals surface area contributed by atoms with Crippen molar-refractivity contribution in [2.45, 2.75) is 13.8 Å². The topological polar surface area (TPSA) is 112 Å². The number of amides is 1. The third-order valence-electron chi connectivity index (χ3n) is 1.81. The van der Waals surface area contributed by atoms with Crippen molar-refractivity contribution < 1.29 is 19.4 Å². The Labute approximate surface area is 104 Å². The van der Waals surface area contributed by atoms with Gasteiger partial charge in [0.2, 0.25) is 0 Å². The minimum atomic E-state index is -1.18. The number of carboxylic acid groups (broad SMARTS) is 1. The van der Waals surface area contributed by atoms with E-state index < -0.39 is 11.9 Å². The van der Waals surface area contributed by atoms with E-state index in [-0.39, 0.29) is 16.9 Å². The highest BCUT2D eigenvalue weighted by molar-refractivity contribution is 6.00. The van der Waals surface area contributed by atoms with E-state index in [2.05, 4.69) is 10.0 Å². The predicted molar refractivity (Wildman–Crippen MR) is 64.8 cm³/mol. The first-order valence-electron chi connectivity index (χ1n) is 5.11. The Hall–Kier alpha value is -2.53. The maximum absolute atomic E-state index is 11.3. The molecule has 0 saturated carbocycles. The standard InChI is InChI=1S/C9H7N3O4.C2H6/c1-16-7-3-2-5(9(14)15)4-6(7)8(13)11-12-10;1-2/h2-4H,1H3,(H,14,15);1-2H3. The maximum atomic E-state index is 11.3. The lowest BCUT2D eigenvalue weighted by atomic mass is 10.1. The number of carbonyl (C=O) groups excluding carboxylic acids is 1. The van der Waals surface area contributed by atoms with Crippen LogP contribution in [-0.4, -0.2) is 24.1 Å². The monoisotopic (exact) mass is 251 g/mol. The number of methoxy groups -OCH3 is 1. The number of rotatable bonds is 3. The van der Waals surface area contributed by atoms with Gasteiger partial charge in [-0.3, -0.25) is 4.79 Å². The first-order valence-corrected chi connectivity index (χ1v) is 5.11. The van der Waals surface area contributed by atoms with Crippen LogP contribution < -0.4 is 4.74 Å². The number of hydrogen-bond donors (Lipinski definition) is 1. The molecule has 0 spiro atoms. The van der Waals surface area contributed by atoms with Crippen molar-refractivity contribution in [3.05, 3.63) is 39.8 Å². The van der Waals surface area contributed by atoms with Gasteiger partial charge in [-0.1, -0.05) is 13.8 Å². The molecule has 1 aromatic carbocycles. The lowest BCUT2D eigenvalue weighted by Gasteiger charge is -2.05. The molecule has 1 aromatic rings. The van der Waals surface area contributed by atoms with Crippen molar-refractivity contribution in [1.82, 2.24) is 0 Å². The summed E-state index contributed by atoms with van der Waals surface area (Å²) < 4.78 is 4.85. The van der Waals surface area contributed by atoms with Gasteiger partial charge < -0.3 is 9.84 Å². The summed E-state index contributed by atoms with van der Waals surface area (Å²) in [6.45, 7) is 4.00. The van der Waals surface area contributed by atoms with Crippen LogP contribution in [0.3, 0.4) is 0 Å². The van der Waals surface area contributed by atoms with Crippen molar-refractivity contribution in [3.8, 4) is 5.75 Å². The largest absolute Gasteiger partial charge is 0.496 e. The van der Waals surface area contributed by atoms with E-state index in [1.807, 2.05) is 13.8 Å². The highest BCUT2D eigenvalue weighted by Gasteiger charge is 2.14. The second-order valence-corrected chi connectivity index (χ2v) is 2.71. The summed E-state index contributed by atoms with van der Waals surface area (Å²) in [4.78, 5) is 24.3. The predicted octanol–water partition coefficient (Wildman–Crippen LogP) is 2.87. The fraction of sp³-hybridized carbons (Fsp3) is 0.273. The zero-order valence-electron chi connectivity index (χ0n) is 10.2.